The SMILES string of the molecule is CCc1cn(C)nc1CCN. The minimum atomic E-state index is 0.685. The van der Waals surface area contributed by atoms with Crippen LogP contribution in [0.1, 0.15) is 18.2 Å². The largest absolute Gasteiger partial charge is 0.330 e. The van der Waals surface area contributed by atoms with Gasteiger partial charge in [0.25, 0.3) is 0 Å². The summed E-state index contributed by atoms with van der Waals surface area (Å²) in [5.41, 5.74) is 7.91. The lowest BCUT2D eigenvalue weighted by atomic mass is 10.1. The Kier molecular flexibility index (Phi) is 2.65. The molecule has 0 radical (unpaired) electrons. The Bertz CT molecular complexity index is 227. The van der Waals surface area contributed by atoms with Crippen LogP contribution in [0.15, 0.2) is 6.20 Å². The third-order valence-electron chi connectivity index (χ3n) is 1.75. The summed E-state index contributed by atoms with van der Waals surface area (Å²) in [6.45, 7) is 2.82. The van der Waals surface area contributed by atoms with Gasteiger partial charge in [-0.05, 0) is 18.5 Å². The second kappa shape index (κ2) is 3.53. The van der Waals surface area contributed by atoms with Crippen LogP contribution >= 0.6 is 0 Å². The lowest BCUT2D eigenvalue weighted by Gasteiger charge is -1.94. The van der Waals surface area contributed by atoms with E-state index in [9.17, 15) is 0 Å². The molecule has 3 heteroatoms. The summed E-state index contributed by atoms with van der Waals surface area (Å²) in [6, 6.07) is 0. The molecule has 1 rings (SSSR count). The Balaban J connectivity index is 2.83. The lowest BCUT2D eigenvalue weighted by Crippen LogP contribution is -2.05. The van der Waals surface area contributed by atoms with Crippen molar-refractivity contribution in [3.8, 4) is 0 Å². The van der Waals surface area contributed by atoms with E-state index in [1.165, 1.54) is 5.56 Å². The topological polar surface area (TPSA) is 43.8 Å². The summed E-state index contributed by atoms with van der Waals surface area (Å²) in [6.07, 6.45) is 4.00. The maximum Gasteiger partial charge on any atom is 0.0668 e. The number of nitrogens with zero attached hydrogens (tertiary/aromatic N) is 2. The van der Waals surface area contributed by atoms with E-state index in [1.54, 1.807) is 0 Å². The average molecular weight is 153 g/mol. The summed E-state index contributed by atoms with van der Waals surface area (Å²) < 4.78 is 1.85. The number of hydrogen-bond acceptors (Lipinski definition) is 2. The molecule has 0 amide bonds. The van der Waals surface area contributed by atoms with E-state index in [0.29, 0.717) is 6.54 Å². The molecule has 11 heavy (non-hydrogen) atoms. The molecule has 0 spiro atoms. The zero-order chi connectivity index (χ0) is 8.27. The van der Waals surface area contributed by atoms with Crippen molar-refractivity contribution in [3.63, 3.8) is 0 Å². The Morgan fingerprint density at radius 3 is 2.91 bits per heavy atom. The Morgan fingerprint density at radius 2 is 2.36 bits per heavy atom. The first-order valence-electron chi connectivity index (χ1n) is 3.99. The van der Waals surface area contributed by atoms with Crippen molar-refractivity contribution >= 4 is 0 Å². The number of nitrogens with two attached hydrogens (primary N) is 1. The van der Waals surface area contributed by atoms with Crippen molar-refractivity contribution in [2.24, 2.45) is 12.8 Å². The molecule has 2 N–H and O–H groups in total. The van der Waals surface area contributed by atoms with Crippen LogP contribution in [0.4, 0.5) is 0 Å². The average Bonchev–Trinajstić information content (AvgIpc) is 2.32. The van der Waals surface area contributed by atoms with Crippen LogP contribution in [0.25, 0.3) is 0 Å². The first-order chi connectivity index (χ1) is 5.27. The summed E-state index contributed by atoms with van der Waals surface area (Å²) >= 11 is 0. The fraction of sp³-hybridized carbons (Fsp3) is 0.625. The van der Waals surface area contributed by atoms with E-state index in [-0.39, 0.29) is 0 Å². The van der Waals surface area contributed by atoms with Crippen molar-refractivity contribution in [1.29, 1.82) is 0 Å². The zero-order valence-electron chi connectivity index (χ0n) is 7.17. The van der Waals surface area contributed by atoms with E-state index < -0.39 is 0 Å². The van der Waals surface area contributed by atoms with Gasteiger partial charge in [-0.1, -0.05) is 6.92 Å². The van der Waals surface area contributed by atoms with Crippen molar-refractivity contribution < 1.29 is 0 Å². The molecule has 3 nitrogen and oxygen atoms in total. The molecule has 0 aromatic carbocycles. The van der Waals surface area contributed by atoms with E-state index in [2.05, 4.69) is 18.2 Å². The minimum absolute atomic E-state index is 0.685. The minimum Gasteiger partial charge on any atom is -0.330 e. The predicted molar refractivity (Wildman–Crippen MR) is 45.3 cm³/mol. The third-order valence-corrected chi connectivity index (χ3v) is 1.75. The summed E-state index contributed by atoms with van der Waals surface area (Å²) in [4.78, 5) is 0. The van der Waals surface area contributed by atoms with E-state index in [4.69, 9.17) is 5.73 Å². The van der Waals surface area contributed by atoms with Gasteiger partial charge in [-0.25, -0.2) is 0 Å². The zero-order valence-corrected chi connectivity index (χ0v) is 7.17. The molecule has 0 aliphatic carbocycles. The molecular formula is C8H15N3. The standard InChI is InChI=1S/C8H15N3/c1-3-7-6-11(2)10-8(7)4-5-9/h6H,3-5,9H2,1-2H3. The maximum atomic E-state index is 5.44. The van der Waals surface area contributed by atoms with Gasteiger partial charge in [-0.15, -0.1) is 0 Å². The second-order valence-corrected chi connectivity index (χ2v) is 2.67. The van der Waals surface area contributed by atoms with Crippen LogP contribution in [0.2, 0.25) is 0 Å². The molecule has 0 aliphatic heterocycles. The van der Waals surface area contributed by atoms with Gasteiger partial charge in [0.2, 0.25) is 0 Å². The van der Waals surface area contributed by atoms with Gasteiger partial charge < -0.3 is 5.73 Å². The Hall–Kier alpha value is -0.830. The van der Waals surface area contributed by atoms with Crippen LogP contribution in [0.3, 0.4) is 0 Å². The Morgan fingerprint density at radius 1 is 1.64 bits per heavy atom. The first-order valence-corrected chi connectivity index (χ1v) is 3.99. The normalized spacial score (nSPS) is 10.5. The number of rotatable bonds is 3. The molecule has 1 aromatic heterocycles. The van der Waals surface area contributed by atoms with Crippen LogP contribution < -0.4 is 5.73 Å². The fourth-order valence-corrected chi connectivity index (χ4v) is 1.23. The molecule has 62 valence electrons. The van der Waals surface area contributed by atoms with Gasteiger partial charge in [0.15, 0.2) is 0 Å². The molecule has 0 fully saturated rings. The van der Waals surface area contributed by atoms with E-state index in [0.717, 1.165) is 18.5 Å². The van der Waals surface area contributed by atoms with Gasteiger partial charge in [0.1, 0.15) is 0 Å². The molecule has 0 aliphatic rings. The molecule has 1 heterocycles. The fourth-order valence-electron chi connectivity index (χ4n) is 1.23. The maximum absolute atomic E-state index is 5.44. The second-order valence-electron chi connectivity index (χ2n) is 2.67. The van der Waals surface area contributed by atoms with Gasteiger partial charge in [0, 0.05) is 19.7 Å². The molecule has 0 bridgehead atoms. The van der Waals surface area contributed by atoms with Crippen molar-refractivity contribution in [2.75, 3.05) is 6.54 Å². The van der Waals surface area contributed by atoms with Gasteiger partial charge in [-0.2, -0.15) is 5.10 Å². The van der Waals surface area contributed by atoms with Crippen LogP contribution in [0, 0.1) is 0 Å². The first kappa shape index (κ1) is 8.27. The summed E-state index contributed by atoms with van der Waals surface area (Å²) in [5, 5.41) is 4.31. The molecule has 0 atom stereocenters. The highest BCUT2D eigenvalue weighted by atomic mass is 15.2. The molecule has 1 aromatic rings. The number of aromatic nitrogens is 2. The molecule has 0 unspecified atom stereocenters. The van der Waals surface area contributed by atoms with E-state index in [1.807, 2.05) is 11.7 Å². The quantitative estimate of drug-likeness (QED) is 0.686. The highest BCUT2D eigenvalue weighted by Gasteiger charge is 2.03. The van der Waals surface area contributed by atoms with Gasteiger partial charge in [-0.3, -0.25) is 4.68 Å². The summed E-state index contributed by atoms with van der Waals surface area (Å²) in [7, 11) is 1.94. The lowest BCUT2D eigenvalue weighted by molar-refractivity contribution is 0.739. The Labute approximate surface area is 67.2 Å². The number of hydrogen-bond donors (Lipinski definition) is 1. The smallest absolute Gasteiger partial charge is 0.0668 e. The monoisotopic (exact) mass is 153 g/mol. The van der Waals surface area contributed by atoms with Gasteiger partial charge >= 0.3 is 0 Å². The third kappa shape index (κ3) is 1.80. The molecule has 0 saturated carbocycles. The highest BCUT2D eigenvalue weighted by Crippen LogP contribution is 2.06. The van der Waals surface area contributed by atoms with Crippen LogP contribution in [-0.2, 0) is 19.9 Å². The van der Waals surface area contributed by atoms with Crippen molar-refractivity contribution in [3.05, 3.63) is 17.5 Å². The molecule has 0 saturated heterocycles. The van der Waals surface area contributed by atoms with Crippen LogP contribution in [-0.4, -0.2) is 16.3 Å². The predicted octanol–water partition coefficient (Wildman–Crippen LogP) is 0.484. The highest BCUT2D eigenvalue weighted by molar-refractivity contribution is 5.16. The summed E-state index contributed by atoms with van der Waals surface area (Å²) in [5.74, 6) is 0. The van der Waals surface area contributed by atoms with Crippen molar-refractivity contribution in [2.45, 2.75) is 19.8 Å². The molecular weight excluding hydrogens is 138 g/mol. The van der Waals surface area contributed by atoms with E-state index >= 15 is 0 Å². The van der Waals surface area contributed by atoms with Gasteiger partial charge in [0.05, 0.1) is 5.69 Å². The number of aryl methyl sites for hydroxylation is 2. The van der Waals surface area contributed by atoms with Crippen molar-refractivity contribution in [1.82, 2.24) is 9.78 Å². The van der Waals surface area contributed by atoms with Crippen LogP contribution in [0.5, 0.6) is 0 Å².